The van der Waals surface area contributed by atoms with E-state index in [0.717, 1.165) is 50.5 Å². The summed E-state index contributed by atoms with van der Waals surface area (Å²) in [6, 6.07) is 11.7. The van der Waals surface area contributed by atoms with Gasteiger partial charge in [0.1, 0.15) is 11.6 Å². The largest absolute Gasteiger partial charge is 0.478 e. The van der Waals surface area contributed by atoms with Crippen LogP contribution in [0.2, 0.25) is 10.0 Å². The number of hydrogen-bond donors (Lipinski definition) is 1. The average molecular weight is 669 g/mol. The molecule has 3 aromatic rings. The van der Waals surface area contributed by atoms with E-state index in [1.54, 1.807) is 30.3 Å². The van der Waals surface area contributed by atoms with E-state index < -0.39 is 11.8 Å². The maximum atomic E-state index is 15.7. The number of carbonyl (C=O) groups excluding carboxylic acids is 1. The average Bonchev–Trinajstić information content (AvgIpc) is 3.51. The number of hydrogen-bond acceptors (Lipinski definition) is 7. The minimum Gasteiger partial charge on any atom is -0.478 e. The first-order valence-corrected chi connectivity index (χ1v) is 16.4. The summed E-state index contributed by atoms with van der Waals surface area (Å²) in [5.41, 5.74) is 2.86. The van der Waals surface area contributed by atoms with Crippen LogP contribution in [0.1, 0.15) is 52.0 Å². The number of morpholine rings is 2. The van der Waals surface area contributed by atoms with Crippen LogP contribution >= 0.6 is 23.2 Å². The van der Waals surface area contributed by atoms with Crippen molar-refractivity contribution in [2.75, 3.05) is 42.8 Å². The number of fused-ring (bicyclic) bond motifs is 5. The Kier molecular flexibility index (Phi) is 7.51. The highest BCUT2D eigenvalue weighted by molar-refractivity contribution is 6.40. The molecular formula is C34H32Cl2FN3O6. The van der Waals surface area contributed by atoms with E-state index in [1.807, 2.05) is 6.07 Å². The smallest absolute Gasteiger partial charge is 0.337 e. The van der Waals surface area contributed by atoms with Gasteiger partial charge in [0.05, 0.1) is 70.9 Å². The number of aromatic carboxylic acids is 1. The maximum Gasteiger partial charge on any atom is 0.337 e. The Hall–Kier alpha value is -3.57. The number of benzene rings is 3. The molecule has 12 heteroatoms. The van der Waals surface area contributed by atoms with Crippen molar-refractivity contribution in [1.29, 1.82) is 0 Å². The predicted octanol–water partition coefficient (Wildman–Crippen LogP) is 6.23. The summed E-state index contributed by atoms with van der Waals surface area (Å²) in [7, 11) is 0. The molecule has 1 N–H and O–H groups in total. The van der Waals surface area contributed by atoms with E-state index in [2.05, 4.69) is 9.80 Å². The number of ether oxygens (including phenoxy) is 3. The van der Waals surface area contributed by atoms with Gasteiger partial charge in [0.2, 0.25) is 0 Å². The first-order valence-electron chi connectivity index (χ1n) is 15.6. The highest BCUT2D eigenvalue weighted by Gasteiger charge is 2.40. The Balaban J connectivity index is 1.08. The van der Waals surface area contributed by atoms with Crippen LogP contribution in [0.25, 0.3) is 11.1 Å². The molecule has 9 nitrogen and oxygen atoms in total. The van der Waals surface area contributed by atoms with Crippen molar-refractivity contribution in [2.24, 2.45) is 0 Å². The van der Waals surface area contributed by atoms with Gasteiger partial charge in [-0.3, -0.25) is 4.79 Å². The van der Waals surface area contributed by atoms with Gasteiger partial charge in [0, 0.05) is 35.5 Å². The van der Waals surface area contributed by atoms with Crippen LogP contribution < -0.4 is 14.5 Å². The van der Waals surface area contributed by atoms with E-state index in [0.29, 0.717) is 35.8 Å². The van der Waals surface area contributed by atoms with E-state index in [4.69, 9.17) is 37.4 Å². The zero-order valence-electron chi connectivity index (χ0n) is 24.9. The van der Waals surface area contributed by atoms with Crippen LogP contribution in [0.15, 0.2) is 42.5 Å². The van der Waals surface area contributed by atoms with E-state index in [-0.39, 0.29) is 70.2 Å². The van der Waals surface area contributed by atoms with Gasteiger partial charge >= 0.3 is 5.97 Å². The van der Waals surface area contributed by atoms with Crippen LogP contribution in [0.4, 0.5) is 15.8 Å². The zero-order chi connectivity index (χ0) is 31.7. The summed E-state index contributed by atoms with van der Waals surface area (Å²) in [5, 5.41) is 10.5. The van der Waals surface area contributed by atoms with Crippen LogP contribution in [0, 0.1) is 5.82 Å². The molecule has 4 unspecified atom stereocenters. The van der Waals surface area contributed by atoms with Gasteiger partial charge in [-0.2, -0.15) is 0 Å². The molecule has 4 fully saturated rings. The number of para-hydroxylation sites is 1. The fourth-order valence-corrected chi connectivity index (χ4v) is 8.36. The van der Waals surface area contributed by atoms with Gasteiger partial charge in [0.25, 0.3) is 5.91 Å². The molecule has 4 bridgehead atoms. The number of amides is 1. The molecule has 0 radical (unpaired) electrons. The lowest BCUT2D eigenvalue weighted by Gasteiger charge is -2.37. The van der Waals surface area contributed by atoms with Crippen LogP contribution in [0.3, 0.4) is 0 Å². The van der Waals surface area contributed by atoms with Gasteiger partial charge in [-0.15, -0.1) is 0 Å². The summed E-state index contributed by atoms with van der Waals surface area (Å²) in [6.45, 7) is 2.61. The normalized spacial score (nSPS) is 25.0. The topological polar surface area (TPSA) is 91.8 Å². The number of anilines is 2. The van der Waals surface area contributed by atoms with Crippen molar-refractivity contribution < 1.29 is 33.3 Å². The van der Waals surface area contributed by atoms with Crippen molar-refractivity contribution in [2.45, 2.75) is 56.5 Å². The molecule has 8 rings (SSSR count). The number of nitrogens with zero attached hydrogens (tertiary/aromatic N) is 3. The first kappa shape index (κ1) is 29.8. The van der Waals surface area contributed by atoms with E-state index >= 15 is 4.39 Å². The van der Waals surface area contributed by atoms with Gasteiger partial charge < -0.3 is 34.0 Å². The number of rotatable bonds is 5. The zero-order valence-corrected chi connectivity index (χ0v) is 26.4. The third kappa shape index (κ3) is 5.06. The molecule has 240 valence electrons. The second-order valence-corrected chi connectivity index (χ2v) is 13.5. The molecule has 0 spiro atoms. The van der Waals surface area contributed by atoms with Gasteiger partial charge in [-0.05, 0) is 49.9 Å². The molecular weight excluding hydrogens is 636 g/mol. The molecule has 0 aromatic heterocycles. The highest BCUT2D eigenvalue weighted by Crippen LogP contribution is 2.43. The molecule has 5 aliphatic rings. The van der Waals surface area contributed by atoms with Crippen molar-refractivity contribution in [3.05, 3.63) is 75.0 Å². The van der Waals surface area contributed by atoms with Crippen molar-refractivity contribution in [3.63, 3.8) is 0 Å². The Bertz CT molecular complexity index is 1700. The molecule has 1 amide bonds. The third-order valence-corrected chi connectivity index (χ3v) is 10.5. The maximum absolute atomic E-state index is 15.7. The summed E-state index contributed by atoms with van der Waals surface area (Å²) >= 11 is 13.4. The molecule has 46 heavy (non-hydrogen) atoms. The first-order chi connectivity index (χ1) is 22.2. The second kappa shape index (κ2) is 11.6. The Morgan fingerprint density at radius 1 is 0.913 bits per heavy atom. The fourth-order valence-electron chi connectivity index (χ4n) is 7.72. The number of carbonyl (C=O) groups is 2. The number of carboxylic acids is 1. The van der Waals surface area contributed by atoms with Gasteiger partial charge in [-0.1, -0.05) is 41.4 Å². The third-order valence-electron chi connectivity index (χ3n) is 9.88. The fraction of sp³-hybridized carbons (Fsp3) is 0.412. The van der Waals surface area contributed by atoms with Crippen molar-refractivity contribution in [3.8, 4) is 16.9 Å². The van der Waals surface area contributed by atoms with E-state index in [1.165, 1.54) is 4.90 Å². The van der Waals surface area contributed by atoms with Crippen LogP contribution in [-0.2, 0) is 16.0 Å². The lowest BCUT2D eigenvalue weighted by atomic mass is 9.96. The minimum absolute atomic E-state index is 0.0346. The summed E-state index contributed by atoms with van der Waals surface area (Å²) in [6.07, 6.45) is 4.22. The molecule has 3 aromatic carbocycles. The molecule has 4 atom stereocenters. The molecule has 5 aliphatic heterocycles. The van der Waals surface area contributed by atoms with Crippen molar-refractivity contribution in [1.82, 2.24) is 4.90 Å². The SMILES string of the molecule is O=C(O)c1cc(F)c(-c2cccc3c2OCN(C(=O)c2c(Cl)cc(N4CC5CCC(C4)O5)cc2Cl)C3)cc1N1C2CCC1COC2. The minimum atomic E-state index is -1.19. The standard InChI is InChI=1S/C34H32Cl2FN3O6/c35-27-8-21(38-13-22-6-7-23(14-38)46-22)9-28(36)31(27)33(41)39-12-18-2-1-3-24(32(18)45-17-39)25-11-30(26(34(42)43)10-29(25)37)40-19-4-5-20(40)16-44-15-19/h1-3,8-11,19-20,22-23H,4-7,12-17H2,(H,42,43). The monoisotopic (exact) mass is 667 g/mol. The Morgan fingerprint density at radius 2 is 1.61 bits per heavy atom. The van der Waals surface area contributed by atoms with E-state index in [9.17, 15) is 14.7 Å². The van der Waals surface area contributed by atoms with Crippen LogP contribution in [-0.4, -0.2) is 79.2 Å². The molecule has 0 saturated carbocycles. The quantitative estimate of drug-likeness (QED) is 0.343. The van der Waals surface area contributed by atoms with Crippen LogP contribution in [0.5, 0.6) is 5.75 Å². The number of halogens is 3. The lowest BCUT2D eigenvalue weighted by molar-refractivity contribution is 0.0304. The molecule has 4 saturated heterocycles. The molecule has 5 heterocycles. The number of carboxylic acid groups (broad SMARTS) is 1. The van der Waals surface area contributed by atoms with Gasteiger partial charge in [0.15, 0.2) is 6.73 Å². The molecule has 0 aliphatic carbocycles. The Labute approximate surface area is 275 Å². The summed E-state index contributed by atoms with van der Waals surface area (Å²) in [5.74, 6) is -1.78. The lowest BCUT2D eigenvalue weighted by Crippen LogP contribution is -2.46. The van der Waals surface area contributed by atoms with Crippen molar-refractivity contribution >= 4 is 46.5 Å². The predicted molar refractivity (Wildman–Crippen MR) is 171 cm³/mol. The van der Waals surface area contributed by atoms with Gasteiger partial charge in [-0.25, -0.2) is 9.18 Å². The second-order valence-electron chi connectivity index (χ2n) is 12.7. The summed E-state index contributed by atoms with van der Waals surface area (Å²) in [4.78, 5) is 31.8. The summed E-state index contributed by atoms with van der Waals surface area (Å²) < 4.78 is 33.5. The Morgan fingerprint density at radius 3 is 2.28 bits per heavy atom. The highest BCUT2D eigenvalue weighted by atomic mass is 35.5.